The summed E-state index contributed by atoms with van der Waals surface area (Å²) >= 11 is 0. The number of nitrogens with zero attached hydrogens (tertiary/aromatic N) is 1. The molecule has 0 unspecified atom stereocenters. The van der Waals surface area contributed by atoms with Crippen LogP contribution in [0.5, 0.6) is 0 Å². The topological polar surface area (TPSA) is 92.8 Å². The van der Waals surface area contributed by atoms with Gasteiger partial charge in [0.1, 0.15) is 5.54 Å². The van der Waals surface area contributed by atoms with Gasteiger partial charge in [0.2, 0.25) is 15.9 Å². The minimum Gasteiger partial charge on any atom is -0.467 e. The Morgan fingerprint density at radius 1 is 1.14 bits per heavy atom. The van der Waals surface area contributed by atoms with Gasteiger partial charge in [0.05, 0.1) is 12.0 Å². The summed E-state index contributed by atoms with van der Waals surface area (Å²) in [4.78, 5) is 24.5. The van der Waals surface area contributed by atoms with Gasteiger partial charge in [0.15, 0.2) is 0 Å². The molecule has 1 aliphatic heterocycles. The smallest absolute Gasteiger partial charge is 0.330 e. The first-order valence-corrected chi connectivity index (χ1v) is 10.9. The van der Waals surface area contributed by atoms with Crippen LogP contribution in [0.4, 0.5) is 0 Å². The standard InChI is InChI=1S/C20H30N2O5S/c1-14(2)15-6-8-17(9-7-15)28(25,26)22-12-10-16(11-13-22)18(23)21-20(3,4)19(24)27-5/h6-9,14,16H,10-13H2,1-5H3,(H,21,23). The molecule has 0 radical (unpaired) electrons. The molecule has 0 spiro atoms. The molecule has 0 aliphatic carbocycles. The van der Waals surface area contributed by atoms with E-state index in [2.05, 4.69) is 19.2 Å². The number of carbonyl (C=O) groups excluding carboxylic acids is 2. The number of rotatable bonds is 6. The number of ether oxygens (including phenoxy) is 1. The van der Waals surface area contributed by atoms with Crippen LogP contribution in [0.25, 0.3) is 0 Å². The zero-order chi connectivity index (χ0) is 21.1. The average molecular weight is 411 g/mol. The molecule has 156 valence electrons. The maximum atomic E-state index is 12.9. The van der Waals surface area contributed by atoms with E-state index in [4.69, 9.17) is 4.74 Å². The fourth-order valence-electron chi connectivity index (χ4n) is 3.25. The molecule has 1 N–H and O–H groups in total. The molecule has 28 heavy (non-hydrogen) atoms. The molecule has 0 bridgehead atoms. The predicted octanol–water partition coefficient (Wildman–Crippen LogP) is 2.28. The highest BCUT2D eigenvalue weighted by molar-refractivity contribution is 7.89. The van der Waals surface area contributed by atoms with Gasteiger partial charge in [0, 0.05) is 19.0 Å². The van der Waals surface area contributed by atoms with E-state index in [0.717, 1.165) is 5.56 Å². The minimum absolute atomic E-state index is 0.256. The Bertz CT molecular complexity index is 808. The quantitative estimate of drug-likeness (QED) is 0.727. The van der Waals surface area contributed by atoms with Crippen molar-refractivity contribution in [3.8, 4) is 0 Å². The molecule has 2 rings (SSSR count). The number of esters is 1. The van der Waals surface area contributed by atoms with Gasteiger partial charge >= 0.3 is 5.97 Å². The SMILES string of the molecule is COC(=O)C(C)(C)NC(=O)C1CCN(S(=O)(=O)c2ccc(C(C)C)cc2)CC1. The van der Waals surface area contributed by atoms with Crippen LogP contribution in [-0.4, -0.2) is 50.3 Å². The second-order valence-corrected chi connectivity index (χ2v) is 9.95. The molecule has 1 aromatic carbocycles. The third kappa shape index (κ3) is 4.91. The van der Waals surface area contributed by atoms with E-state index in [1.807, 2.05) is 12.1 Å². The van der Waals surface area contributed by atoms with E-state index in [-0.39, 0.29) is 29.8 Å². The summed E-state index contributed by atoms with van der Waals surface area (Å²) in [5, 5.41) is 2.70. The molecule has 1 saturated heterocycles. The van der Waals surface area contributed by atoms with Crippen LogP contribution in [0.3, 0.4) is 0 Å². The van der Waals surface area contributed by atoms with E-state index in [0.29, 0.717) is 18.8 Å². The third-order valence-electron chi connectivity index (χ3n) is 5.14. The van der Waals surface area contributed by atoms with E-state index in [1.165, 1.54) is 11.4 Å². The molecule has 1 aliphatic rings. The van der Waals surface area contributed by atoms with Crippen LogP contribution in [0, 0.1) is 5.92 Å². The highest BCUT2D eigenvalue weighted by atomic mass is 32.2. The average Bonchev–Trinajstić information content (AvgIpc) is 2.67. The summed E-state index contributed by atoms with van der Waals surface area (Å²) in [6, 6.07) is 6.96. The molecular weight excluding hydrogens is 380 g/mol. The number of hydrogen-bond acceptors (Lipinski definition) is 5. The third-order valence-corrected chi connectivity index (χ3v) is 7.05. The maximum absolute atomic E-state index is 12.9. The Kier molecular flexibility index (Phi) is 6.88. The first kappa shape index (κ1) is 22.4. The number of amides is 1. The fraction of sp³-hybridized carbons (Fsp3) is 0.600. The minimum atomic E-state index is -3.58. The van der Waals surface area contributed by atoms with Crippen molar-refractivity contribution in [3.63, 3.8) is 0 Å². The Morgan fingerprint density at radius 2 is 1.68 bits per heavy atom. The van der Waals surface area contributed by atoms with Gasteiger partial charge < -0.3 is 10.1 Å². The van der Waals surface area contributed by atoms with E-state index in [1.54, 1.807) is 26.0 Å². The Hall–Kier alpha value is -1.93. The number of hydrogen-bond donors (Lipinski definition) is 1. The van der Waals surface area contributed by atoms with Gasteiger partial charge in [-0.15, -0.1) is 0 Å². The van der Waals surface area contributed by atoms with Crippen molar-refractivity contribution in [2.75, 3.05) is 20.2 Å². The monoisotopic (exact) mass is 410 g/mol. The molecule has 1 fully saturated rings. The number of piperidine rings is 1. The lowest BCUT2D eigenvalue weighted by Crippen LogP contribution is -2.53. The van der Waals surface area contributed by atoms with Gasteiger partial charge in [-0.25, -0.2) is 13.2 Å². The van der Waals surface area contributed by atoms with Crippen molar-refractivity contribution in [2.45, 2.75) is 56.9 Å². The summed E-state index contributed by atoms with van der Waals surface area (Å²) in [5.41, 5.74) is -0.0322. The second kappa shape index (κ2) is 8.61. The number of methoxy groups -OCH3 is 1. The number of sulfonamides is 1. The van der Waals surface area contributed by atoms with Crippen molar-refractivity contribution < 1.29 is 22.7 Å². The van der Waals surface area contributed by atoms with Crippen molar-refractivity contribution in [2.24, 2.45) is 5.92 Å². The predicted molar refractivity (Wildman–Crippen MR) is 106 cm³/mol. The van der Waals surface area contributed by atoms with Crippen LogP contribution >= 0.6 is 0 Å². The summed E-state index contributed by atoms with van der Waals surface area (Å²) in [5.74, 6) is -0.779. The molecule has 7 nitrogen and oxygen atoms in total. The van der Waals surface area contributed by atoms with E-state index < -0.39 is 21.5 Å². The van der Waals surface area contributed by atoms with Crippen LogP contribution in [0.15, 0.2) is 29.2 Å². The first-order valence-electron chi connectivity index (χ1n) is 9.49. The molecule has 8 heteroatoms. The molecule has 1 heterocycles. The van der Waals surface area contributed by atoms with Crippen LogP contribution in [0.1, 0.15) is 52.0 Å². The highest BCUT2D eigenvalue weighted by Crippen LogP contribution is 2.25. The van der Waals surface area contributed by atoms with Gasteiger partial charge in [0.25, 0.3) is 0 Å². The molecule has 0 atom stereocenters. The number of carbonyl (C=O) groups is 2. The lowest BCUT2D eigenvalue weighted by Gasteiger charge is -2.32. The maximum Gasteiger partial charge on any atom is 0.330 e. The van der Waals surface area contributed by atoms with Gasteiger partial charge in [-0.2, -0.15) is 4.31 Å². The van der Waals surface area contributed by atoms with Gasteiger partial charge in [-0.1, -0.05) is 26.0 Å². The highest BCUT2D eigenvalue weighted by Gasteiger charge is 2.36. The fourth-order valence-corrected chi connectivity index (χ4v) is 4.72. The number of nitrogens with one attached hydrogen (secondary N) is 1. The van der Waals surface area contributed by atoms with Crippen molar-refractivity contribution in [3.05, 3.63) is 29.8 Å². The van der Waals surface area contributed by atoms with Crippen LogP contribution < -0.4 is 5.32 Å². The summed E-state index contributed by atoms with van der Waals surface area (Å²) < 4.78 is 31.9. The Morgan fingerprint density at radius 3 is 2.14 bits per heavy atom. The Balaban J connectivity index is 2.00. The van der Waals surface area contributed by atoms with Gasteiger partial charge in [-0.3, -0.25) is 4.79 Å². The molecule has 0 aromatic heterocycles. The number of benzene rings is 1. The largest absolute Gasteiger partial charge is 0.467 e. The molecule has 0 saturated carbocycles. The molecule has 1 amide bonds. The van der Waals surface area contributed by atoms with Crippen molar-refractivity contribution in [1.29, 1.82) is 0 Å². The van der Waals surface area contributed by atoms with Crippen LogP contribution in [0.2, 0.25) is 0 Å². The molecular formula is C20H30N2O5S. The summed E-state index contributed by atoms with van der Waals surface area (Å²) in [7, 11) is -2.31. The van der Waals surface area contributed by atoms with E-state index in [9.17, 15) is 18.0 Å². The van der Waals surface area contributed by atoms with E-state index >= 15 is 0 Å². The summed E-state index contributed by atoms with van der Waals surface area (Å²) in [6.07, 6.45) is 0.818. The zero-order valence-electron chi connectivity index (χ0n) is 17.2. The lowest BCUT2D eigenvalue weighted by molar-refractivity contribution is -0.150. The first-order chi connectivity index (χ1) is 13.0. The van der Waals surface area contributed by atoms with Crippen LogP contribution in [-0.2, 0) is 24.3 Å². The second-order valence-electron chi connectivity index (χ2n) is 8.01. The van der Waals surface area contributed by atoms with Crippen molar-refractivity contribution in [1.82, 2.24) is 9.62 Å². The van der Waals surface area contributed by atoms with Crippen molar-refractivity contribution >= 4 is 21.9 Å². The van der Waals surface area contributed by atoms with Gasteiger partial charge in [-0.05, 0) is 50.3 Å². The zero-order valence-corrected chi connectivity index (χ0v) is 18.0. The Labute approximate surface area is 167 Å². The lowest BCUT2D eigenvalue weighted by atomic mass is 9.95. The summed E-state index contributed by atoms with van der Waals surface area (Å²) in [6.45, 7) is 7.81. The normalized spacial score (nSPS) is 16.8. The molecule has 1 aromatic rings.